The van der Waals surface area contributed by atoms with Crippen LogP contribution in [0.2, 0.25) is 0 Å². The van der Waals surface area contributed by atoms with Gasteiger partial charge in [-0.25, -0.2) is 0 Å². The van der Waals surface area contributed by atoms with Gasteiger partial charge in [0.25, 0.3) is 0 Å². The van der Waals surface area contributed by atoms with E-state index in [1.807, 2.05) is 0 Å². The van der Waals surface area contributed by atoms with Gasteiger partial charge < -0.3 is 9.47 Å². The van der Waals surface area contributed by atoms with Crippen molar-refractivity contribution in [2.24, 2.45) is 5.92 Å². The third-order valence-electron chi connectivity index (χ3n) is 5.44. The molecule has 112 valence electrons. The highest BCUT2D eigenvalue weighted by Gasteiger charge is 2.44. The Labute approximate surface area is 125 Å². The molecule has 0 amide bonds. The monoisotopic (exact) mass is 286 g/mol. The molecule has 2 saturated heterocycles. The van der Waals surface area contributed by atoms with E-state index in [1.54, 1.807) is 0 Å². The van der Waals surface area contributed by atoms with Gasteiger partial charge in [-0.2, -0.15) is 0 Å². The van der Waals surface area contributed by atoms with Gasteiger partial charge in [-0.05, 0) is 36.8 Å². The highest BCUT2D eigenvalue weighted by molar-refractivity contribution is 5.89. The lowest BCUT2D eigenvalue weighted by Crippen LogP contribution is -2.43. The SMILES string of the molecule is O=C(C1CCOC2(CCOC2)C1)C1CCc2ccccc21. The van der Waals surface area contributed by atoms with Crippen LogP contribution < -0.4 is 0 Å². The fourth-order valence-electron chi connectivity index (χ4n) is 4.27. The number of benzene rings is 1. The summed E-state index contributed by atoms with van der Waals surface area (Å²) in [5, 5.41) is 0. The molecule has 1 aromatic rings. The first kappa shape index (κ1) is 13.5. The number of hydrogen-bond donors (Lipinski definition) is 0. The van der Waals surface area contributed by atoms with Crippen LogP contribution in [0.1, 0.15) is 42.7 Å². The summed E-state index contributed by atoms with van der Waals surface area (Å²) in [6, 6.07) is 8.43. The van der Waals surface area contributed by atoms with Crippen molar-refractivity contribution >= 4 is 5.78 Å². The first-order chi connectivity index (χ1) is 10.3. The van der Waals surface area contributed by atoms with Gasteiger partial charge in [-0.15, -0.1) is 0 Å². The van der Waals surface area contributed by atoms with Gasteiger partial charge in [0.2, 0.25) is 0 Å². The maximum absolute atomic E-state index is 13.0. The number of carbonyl (C=O) groups is 1. The van der Waals surface area contributed by atoms with E-state index < -0.39 is 0 Å². The summed E-state index contributed by atoms with van der Waals surface area (Å²) in [5.41, 5.74) is 2.46. The van der Waals surface area contributed by atoms with Crippen molar-refractivity contribution in [1.29, 1.82) is 0 Å². The summed E-state index contributed by atoms with van der Waals surface area (Å²) in [7, 11) is 0. The zero-order chi connectivity index (χ0) is 14.3. The third kappa shape index (κ3) is 2.33. The van der Waals surface area contributed by atoms with E-state index in [4.69, 9.17) is 9.47 Å². The lowest BCUT2D eigenvalue weighted by molar-refractivity contribution is -0.138. The molecule has 1 spiro atoms. The molecule has 0 saturated carbocycles. The van der Waals surface area contributed by atoms with Crippen molar-refractivity contribution in [3.63, 3.8) is 0 Å². The second kappa shape index (κ2) is 5.22. The minimum Gasteiger partial charge on any atom is -0.378 e. The minimum absolute atomic E-state index is 0.115. The molecule has 2 fully saturated rings. The molecule has 4 rings (SSSR count). The number of carbonyl (C=O) groups excluding carboxylic acids is 1. The highest BCUT2D eigenvalue weighted by Crippen LogP contribution is 2.41. The maximum Gasteiger partial charge on any atom is 0.143 e. The van der Waals surface area contributed by atoms with Crippen molar-refractivity contribution in [2.45, 2.75) is 43.6 Å². The minimum atomic E-state index is -0.170. The Hall–Kier alpha value is -1.19. The molecule has 2 aliphatic heterocycles. The molecule has 0 radical (unpaired) electrons. The van der Waals surface area contributed by atoms with Crippen LogP contribution >= 0.6 is 0 Å². The summed E-state index contributed by atoms with van der Waals surface area (Å²) in [5.74, 6) is 0.704. The van der Waals surface area contributed by atoms with Crippen molar-refractivity contribution < 1.29 is 14.3 Å². The Balaban J connectivity index is 1.53. The molecule has 21 heavy (non-hydrogen) atoms. The molecular weight excluding hydrogens is 264 g/mol. The largest absolute Gasteiger partial charge is 0.378 e. The van der Waals surface area contributed by atoms with Crippen molar-refractivity contribution in [3.8, 4) is 0 Å². The number of hydrogen-bond acceptors (Lipinski definition) is 3. The summed E-state index contributed by atoms with van der Waals surface area (Å²) < 4.78 is 11.5. The first-order valence-electron chi connectivity index (χ1n) is 8.11. The highest BCUT2D eigenvalue weighted by atomic mass is 16.6. The molecule has 0 bridgehead atoms. The van der Waals surface area contributed by atoms with Crippen molar-refractivity contribution in [3.05, 3.63) is 35.4 Å². The first-order valence-corrected chi connectivity index (χ1v) is 8.11. The van der Waals surface area contributed by atoms with Crippen LogP contribution in [0.5, 0.6) is 0 Å². The van der Waals surface area contributed by atoms with Crippen LogP contribution in [0, 0.1) is 5.92 Å². The van der Waals surface area contributed by atoms with Crippen molar-refractivity contribution in [2.75, 3.05) is 19.8 Å². The Kier molecular flexibility index (Phi) is 3.35. The summed E-state index contributed by atoms with van der Waals surface area (Å²) in [4.78, 5) is 13.0. The fourth-order valence-corrected chi connectivity index (χ4v) is 4.27. The van der Waals surface area contributed by atoms with Gasteiger partial charge >= 0.3 is 0 Å². The Morgan fingerprint density at radius 2 is 2.10 bits per heavy atom. The third-order valence-corrected chi connectivity index (χ3v) is 5.44. The molecule has 3 atom stereocenters. The van der Waals surface area contributed by atoms with Gasteiger partial charge in [0, 0.05) is 31.5 Å². The van der Waals surface area contributed by atoms with Gasteiger partial charge in [0.1, 0.15) is 5.78 Å². The number of rotatable bonds is 2. The van der Waals surface area contributed by atoms with Gasteiger partial charge in [-0.1, -0.05) is 24.3 Å². The Morgan fingerprint density at radius 1 is 1.19 bits per heavy atom. The van der Waals surface area contributed by atoms with Crippen LogP contribution in [-0.2, 0) is 20.7 Å². The van der Waals surface area contributed by atoms with Crippen LogP contribution in [0.4, 0.5) is 0 Å². The normalized spacial score (nSPS) is 35.0. The zero-order valence-electron chi connectivity index (χ0n) is 12.3. The Morgan fingerprint density at radius 3 is 2.95 bits per heavy atom. The van der Waals surface area contributed by atoms with Gasteiger partial charge in [0.05, 0.1) is 12.2 Å². The predicted molar refractivity (Wildman–Crippen MR) is 79.4 cm³/mol. The standard InChI is InChI=1S/C18H22O3/c19-17(16-6-5-13-3-1-2-4-15(13)16)14-7-9-21-18(11-14)8-10-20-12-18/h1-4,14,16H,5-12H2. The summed E-state index contributed by atoms with van der Waals surface area (Å²) in [6.07, 6.45) is 4.70. The van der Waals surface area contributed by atoms with E-state index in [-0.39, 0.29) is 17.4 Å². The molecule has 3 heteroatoms. The second-order valence-corrected chi connectivity index (χ2v) is 6.72. The second-order valence-electron chi connectivity index (χ2n) is 6.72. The predicted octanol–water partition coefficient (Wildman–Crippen LogP) is 2.87. The average molecular weight is 286 g/mol. The molecule has 1 aliphatic carbocycles. The molecule has 1 aromatic carbocycles. The van der Waals surface area contributed by atoms with Crippen LogP contribution in [0.25, 0.3) is 0 Å². The fraction of sp³-hybridized carbons (Fsp3) is 0.611. The lowest BCUT2D eigenvalue weighted by atomic mass is 9.78. The van der Waals surface area contributed by atoms with Crippen LogP contribution in [0.3, 0.4) is 0 Å². The van der Waals surface area contributed by atoms with Crippen molar-refractivity contribution in [1.82, 2.24) is 0 Å². The average Bonchev–Trinajstić information content (AvgIpc) is 3.14. The van der Waals surface area contributed by atoms with Crippen LogP contribution in [0.15, 0.2) is 24.3 Å². The maximum atomic E-state index is 13.0. The quantitative estimate of drug-likeness (QED) is 0.838. The number of ketones is 1. The number of ether oxygens (including phenoxy) is 2. The van der Waals surface area contributed by atoms with Gasteiger partial charge in [0.15, 0.2) is 0 Å². The molecule has 0 aromatic heterocycles. The number of fused-ring (bicyclic) bond motifs is 1. The molecule has 3 nitrogen and oxygen atoms in total. The van der Waals surface area contributed by atoms with E-state index in [0.717, 1.165) is 38.7 Å². The van der Waals surface area contributed by atoms with Gasteiger partial charge in [-0.3, -0.25) is 4.79 Å². The summed E-state index contributed by atoms with van der Waals surface area (Å²) >= 11 is 0. The summed E-state index contributed by atoms with van der Waals surface area (Å²) in [6.45, 7) is 2.14. The molecule has 3 unspecified atom stereocenters. The lowest BCUT2D eigenvalue weighted by Gasteiger charge is -2.37. The zero-order valence-corrected chi connectivity index (χ0v) is 12.3. The Bertz CT molecular complexity index is 545. The molecular formula is C18H22O3. The molecule has 0 N–H and O–H groups in total. The topological polar surface area (TPSA) is 35.5 Å². The van der Waals surface area contributed by atoms with E-state index in [9.17, 15) is 4.79 Å². The van der Waals surface area contributed by atoms with E-state index in [2.05, 4.69) is 24.3 Å². The number of Topliss-reactive ketones (excluding diaryl/α,β-unsaturated/α-hetero) is 1. The smallest absolute Gasteiger partial charge is 0.143 e. The van der Waals surface area contributed by atoms with E-state index in [0.29, 0.717) is 19.0 Å². The molecule has 2 heterocycles. The molecule has 3 aliphatic rings. The number of aryl methyl sites for hydroxylation is 1. The van der Waals surface area contributed by atoms with Crippen LogP contribution in [-0.4, -0.2) is 31.2 Å². The van der Waals surface area contributed by atoms with E-state index in [1.165, 1.54) is 11.1 Å². The van der Waals surface area contributed by atoms with E-state index >= 15 is 0 Å².